The van der Waals surface area contributed by atoms with Crippen molar-refractivity contribution in [1.29, 1.82) is 0 Å². The molecule has 1 heterocycles. The highest BCUT2D eigenvalue weighted by atomic mass is 15.3. The Morgan fingerprint density at radius 2 is 2.29 bits per heavy atom. The maximum absolute atomic E-state index is 5.82. The fraction of sp³-hybridized carbons (Fsp3) is 0.727. The topological polar surface area (TPSA) is 43.8 Å². The second-order valence-corrected chi connectivity index (χ2v) is 4.92. The lowest BCUT2D eigenvalue weighted by Gasteiger charge is -2.15. The number of hydrogen-bond acceptors (Lipinski definition) is 2. The van der Waals surface area contributed by atoms with Crippen LogP contribution in [0.25, 0.3) is 0 Å². The normalized spacial score (nSPS) is 28.5. The summed E-state index contributed by atoms with van der Waals surface area (Å²) < 4.78 is 1.80. The van der Waals surface area contributed by atoms with Gasteiger partial charge in [0, 0.05) is 19.0 Å². The van der Waals surface area contributed by atoms with E-state index in [9.17, 15) is 0 Å². The van der Waals surface area contributed by atoms with Gasteiger partial charge < -0.3 is 5.73 Å². The van der Waals surface area contributed by atoms with Gasteiger partial charge in [-0.25, -0.2) is 0 Å². The minimum absolute atomic E-state index is 0.640. The second kappa shape index (κ2) is 2.53. The molecular formula is C11H17N3. The standard InChI is InChI=1S/C11H17N3/c1-14-10(12)7-9(13-14)8-3-2-4-11(8)5-6-11/h7-8H,2-6,12H2,1H3. The molecule has 0 radical (unpaired) electrons. The molecule has 0 saturated heterocycles. The van der Waals surface area contributed by atoms with Crippen LogP contribution >= 0.6 is 0 Å². The SMILES string of the molecule is Cn1nc(C2CCCC23CC3)cc1N. The van der Waals surface area contributed by atoms with Crippen LogP contribution in [0.15, 0.2) is 6.07 Å². The van der Waals surface area contributed by atoms with Gasteiger partial charge >= 0.3 is 0 Å². The van der Waals surface area contributed by atoms with Gasteiger partial charge in [-0.15, -0.1) is 0 Å². The van der Waals surface area contributed by atoms with E-state index in [1.165, 1.54) is 37.8 Å². The maximum atomic E-state index is 5.82. The number of nitrogen functional groups attached to an aromatic ring is 1. The molecule has 1 unspecified atom stereocenters. The van der Waals surface area contributed by atoms with Crippen LogP contribution < -0.4 is 5.73 Å². The molecule has 2 aliphatic carbocycles. The number of rotatable bonds is 1. The van der Waals surface area contributed by atoms with Gasteiger partial charge in [-0.05, 0) is 31.1 Å². The minimum atomic E-state index is 0.640. The summed E-state index contributed by atoms with van der Waals surface area (Å²) in [7, 11) is 1.92. The summed E-state index contributed by atoms with van der Waals surface area (Å²) in [6.45, 7) is 0. The Hall–Kier alpha value is -0.990. The molecule has 2 saturated carbocycles. The Labute approximate surface area is 84.3 Å². The molecule has 0 bridgehead atoms. The molecule has 3 heteroatoms. The maximum Gasteiger partial charge on any atom is 0.121 e. The zero-order valence-corrected chi connectivity index (χ0v) is 8.66. The van der Waals surface area contributed by atoms with Crippen LogP contribution in [0, 0.1) is 5.41 Å². The third kappa shape index (κ3) is 1.01. The number of anilines is 1. The fourth-order valence-electron chi connectivity index (χ4n) is 3.03. The second-order valence-electron chi connectivity index (χ2n) is 4.92. The largest absolute Gasteiger partial charge is 0.384 e. The monoisotopic (exact) mass is 191 g/mol. The summed E-state index contributed by atoms with van der Waals surface area (Å²) in [5.74, 6) is 1.49. The lowest BCUT2D eigenvalue weighted by atomic mass is 9.90. The summed E-state index contributed by atoms with van der Waals surface area (Å²) in [5, 5.41) is 4.52. The first-order chi connectivity index (χ1) is 6.71. The van der Waals surface area contributed by atoms with E-state index < -0.39 is 0 Å². The first-order valence-electron chi connectivity index (χ1n) is 5.51. The molecule has 0 aliphatic heterocycles. The van der Waals surface area contributed by atoms with Crippen molar-refractivity contribution in [2.24, 2.45) is 12.5 Å². The quantitative estimate of drug-likeness (QED) is 0.738. The molecule has 3 nitrogen and oxygen atoms in total. The smallest absolute Gasteiger partial charge is 0.121 e. The molecule has 76 valence electrons. The molecule has 1 aromatic rings. The van der Waals surface area contributed by atoms with Crippen molar-refractivity contribution < 1.29 is 0 Å². The van der Waals surface area contributed by atoms with Gasteiger partial charge in [0.05, 0.1) is 5.69 Å². The molecule has 2 fully saturated rings. The lowest BCUT2D eigenvalue weighted by Crippen LogP contribution is -2.07. The van der Waals surface area contributed by atoms with Crippen LogP contribution in [-0.2, 0) is 7.05 Å². The summed E-state index contributed by atoms with van der Waals surface area (Å²) in [4.78, 5) is 0. The van der Waals surface area contributed by atoms with E-state index in [4.69, 9.17) is 5.73 Å². The zero-order chi connectivity index (χ0) is 9.76. The zero-order valence-electron chi connectivity index (χ0n) is 8.66. The Morgan fingerprint density at radius 3 is 2.86 bits per heavy atom. The highest BCUT2D eigenvalue weighted by Gasteiger charge is 2.53. The highest BCUT2D eigenvalue weighted by Crippen LogP contribution is 2.64. The van der Waals surface area contributed by atoms with E-state index in [0.29, 0.717) is 11.3 Å². The van der Waals surface area contributed by atoms with Crippen molar-refractivity contribution in [1.82, 2.24) is 9.78 Å². The molecule has 2 aliphatic rings. The summed E-state index contributed by atoms with van der Waals surface area (Å²) in [6, 6.07) is 2.07. The van der Waals surface area contributed by atoms with Crippen molar-refractivity contribution >= 4 is 5.82 Å². The van der Waals surface area contributed by atoms with Crippen LogP contribution in [0.2, 0.25) is 0 Å². The molecule has 1 spiro atoms. The molecular weight excluding hydrogens is 174 g/mol. The van der Waals surface area contributed by atoms with Crippen LogP contribution in [0.1, 0.15) is 43.7 Å². The fourth-order valence-corrected chi connectivity index (χ4v) is 3.03. The van der Waals surface area contributed by atoms with Crippen molar-refractivity contribution in [3.63, 3.8) is 0 Å². The van der Waals surface area contributed by atoms with E-state index in [1.807, 2.05) is 7.05 Å². The van der Waals surface area contributed by atoms with Gasteiger partial charge in [0.1, 0.15) is 5.82 Å². The molecule has 14 heavy (non-hydrogen) atoms. The van der Waals surface area contributed by atoms with Crippen LogP contribution in [0.5, 0.6) is 0 Å². The first kappa shape index (κ1) is 8.33. The van der Waals surface area contributed by atoms with Crippen LogP contribution in [-0.4, -0.2) is 9.78 Å². The van der Waals surface area contributed by atoms with Gasteiger partial charge in [0.2, 0.25) is 0 Å². The number of aromatic nitrogens is 2. The average molecular weight is 191 g/mol. The van der Waals surface area contributed by atoms with E-state index in [1.54, 1.807) is 4.68 Å². The molecule has 0 aromatic carbocycles. The van der Waals surface area contributed by atoms with Gasteiger partial charge in [-0.1, -0.05) is 6.42 Å². The predicted octanol–water partition coefficient (Wildman–Crippen LogP) is 2.05. The molecule has 0 amide bonds. The Balaban J connectivity index is 1.95. The number of nitrogens with zero attached hydrogens (tertiary/aromatic N) is 2. The van der Waals surface area contributed by atoms with Gasteiger partial charge in [-0.2, -0.15) is 5.10 Å². The van der Waals surface area contributed by atoms with E-state index in [2.05, 4.69) is 11.2 Å². The Morgan fingerprint density at radius 1 is 1.50 bits per heavy atom. The molecule has 1 atom stereocenters. The Bertz CT molecular complexity index is 343. The van der Waals surface area contributed by atoms with Gasteiger partial charge in [-0.3, -0.25) is 4.68 Å². The van der Waals surface area contributed by atoms with Crippen LogP contribution in [0.3, 0.4) is 0 Å². The highest BCUT2D eigenvalue weighted by molar-refractivity contribution is 5.34. The average Bonchev–Trinajstić information content (AvgIpc) is 2.65. The third-order valence-corrected chi connectivity index (χ3v) is 4.09. The number of nitrogens with two attached hydrogens (primary N) is 1. The summed E-state index contributed by atoms with van der Waals surface area (Å²) in [6.07, 6.45) is 6.92. The number of aryl methyl sites for hydroxylation is 1. The van der Waals surface area contributed by atoms with Crippen molar-refractivity contribution in [3.05, 3.63) is 11.8 Å². The summed E-state index contributed by atoms with van der Waals surface area (Å²) >= 11 is 0. The molecule has 3 rings (SSSR count). The van der Waals surface area contributed by atoms with Crippen molar-refractivity contribution in [3.8, 4) is 0 Å². The summed E-state index contributed by atoms with van der Waals surface area (Å²) in [5.41, 5.74) is 7.69. The van der Waals surface area contributed by atoms with Crippen molar-refractivity contribution in [2.75, 3.05) is 5.73 Å². The van der Waals surface area contributed by atoms with E-state index in [-0.39, 0.29) is 0 Å². The van der Waals surface area contributed by atoms with Gasteiger partial charge in [0.15, 0.2) is 0 Å². The molecule has 1 aromatic heterocycles. The van der Waals surface area contributed by atoms with Gasteiger partial charge in [0.25, 0.3) is 0 Å². The molecule has 2 N–H and O–H groups in total. The Kier molecular flexibility index (Phi) is 1.50. The van der Waals surface area contributed by atoms with E-state index >= 15 is 0 Å². The van der Waals surface area contributed by atoms with Crippen molar-refractivity contribution in [2.45, 2.75) is 38.0 Å². The van der Waals surface area contributed by atoms with E-state index in [0.717, 1.165) is 5.82 Å². The minimum Gasteiger partial charge on any atom is -0.384 e. The lowest BCUT2D eigenvalue weighted by molar-refractivity contribution is 0.452. The number of hydrogen-bond donors (Lipinski definition) is 1. The van der Waals surface area contributed by atoms with Crippen LogP contribution in [0.4, 0.5) is 5.82 Å². The first-order valence-corrected chi connectivity index (χ1v) is 5.51. The predicted molar refractivity (Wildman–Crippen MR) is 55.9 cm³/mol. The third-order valence-electron chi connectivity index (χ3n) is 4.09.